The Balaban J connectivity index is 2.33. The number of aryl methyl sites for hydroxylation is 2. The summed E-state index contributed by atoms with van der Waals surface area (Å²) in [6.45, 7) is 11.3. The number of rotatable bonds is 4. The van der Waals surface area contributed by atoms with Crippen molar-refractivity contribution in [1.82, 2.24) is 0 Å². The predicted molar refractivity (Wildman–Crippen MR) is 113 cm³/mol. The van der Waals surface area contributed by atoms with Crippen LogP contribution < -0.4 is 0 Å². The molecule has 0 bridgehead atoms. The summed E-state index contributed by atoms with van der Waals surface area (Å²) < 4.78 is 0.258. The van der Waals surface area contributed by atoms with E-state index in [2.05, 4.69) is 77.1 Å². The van der Waals surface area contributed by atoms with Crippen LogP contribution in [0.15, 0.2) is 42.0 Å². The SMILES string of the molecule is CCc1ccccc1-c1c(CC)ccc2c1C=C(C(C)(C)C)[CH]2[Zr]([Cl])[Cl]. The quantitative estimate of drug-likeness (QED) is 0.431. The first kappa shape index (κ1) is 20.4. The van der Waals surface area contributed by atoms with Crippen LogP contribution in [0.4, 0.5) is 0 Å². The second kappa shape index (κ2) is 7.94. The summed E-state index contributed by atoms with van der Waals surface area (Å²) >= 11 is -2.51. The van der Waals surface area contributed by atoms with Crippen molar-refractivity contribution < 1.29 is 19.4 Å². The molecule has 0 saturated heterocycles. The first-order chi connectivity index (χ1) is 12.3. The number of halogens is 2. The van der Waals surface area contributed by atoms with Gasteiger partial charge in [-0.2, -0.15) is 0 Å². The van der Waals surface area contributed by atoms with E-state index in [0.717, 1.165) is 12.8 Å². The molecule has 1 atom stereocenters. The average Bonchev–Trinajstić information content (AvgIpc) is 3.01. The Labute approximate surface area is 173 Å². The number of hydrogen-bond donors (Lipinski definition) is 0. The minimum absolute atomic E-state index is 0.0766. The molecule has 2 aromatic carbocycles. The minimum atomic E-state index is -2.51. The standard InChI is InChI=1S/C23H27.2ClH.Zr/c1-6-16-10-8-9-11-20(16)22-17(7-2)12-13-18-14-19(15-21(18)22)23(3,4)5;;;/h8-15H,6-7H2,1-5H3;2*1H;/q;;;+2/p-2. The third-order valence-corrected chi connectivity index (χ3v) is 10.6. The molecule has 26 heavy (non-hydrogen) atoms. The summed E-state index contributed by atoms with van der Waals surface area (Å²) in [4.78, 5) is 0. The summed E-state index contributed by atoms with van der Waals surface area (Å²) in [6.07, 6.45) is 4.47. The monoisotopic (exact) mass is 463 g/mol. The van der Waals surface area contributed by atoms with E-state index in [-0.39, 0.29) is 9.04 Å². The van der Waals surface area contributed by atoms with Crippen LogP contribution in [0.1, 0.15) is 60.5 Å². The van der Waals surface area contributed by atoms with E-state index in [1.165, 1.54) is 39.0 Å². The third kappa shape index (κ3) is 3.65. The first-order valence-electron chi connectivity index (χ1n) is 9.43. The Hall–Kier alpha value is -0.357. The molecule has 0 aromatic heterocycles. The molecule has 1 aliphatic rings. The Morgan fingerprint density at radius 2 is 1.58 bits per heavy atom. The van der Waals surface area contributed by atoms with Crippen LogP contribution in [-0.2, 0) is 32.2 Å². The van der Waals surface area contributed by atoms with Gasteiger partial charge < -0.3 is 0 Å². The zero-order chi connectivity index (χ0) is 19.1. The van der Waals surface area contributed by atoms with E-state index in [0.29, 0.717) is 0 Å². The van der Waals surface area contributed by atoms with E-state index in [4.69, 9.17) is 17.0 Å². The van der Waals surface area contributed by atoms with Gasteiger partial charge in [0.25, 0.3) is 0 Å². The maximum atomic E-state index is 6.66. The normalized spacial score (nSPS) is 16.4. The second-order valence-electron chi connectivity index (χ2n) is 8.04. The van der Waals surface area contributed by atoms with E-state index in [1.54, 1.807) is 0 Å². The van der Waals surface area contributed by atoms with Gasteiger partial charge in [-0.15, -0.1) is 0 Å². The van der Waals surface area contributed by atoms with Crippen LogP contribution in [0, 0.1) is 5.41 Å². The fourth-order valence-corrected chi connectivity index (χ4v) is 9.89. The van der Waals surface area contributed by atoms with Crippen molar-refractivity contribution in [3.05, 3.63) is 64.2 Å². The summed E-state index contributed by atoms with van der Waals surface area (Å²) in [7, 11) is 13.3. The molecule has 3 rings (SSSR count). The van der Waals surface area contributed by atoms with Gasteiger partial charge in [-0.25, -0.2) is 0 Å². The average molecular weight is 466 g/mol. The molecule has 137 valence electrons. The molecule has 0 N–H and O–H groups in total. The molecular weight excluding hydrogens is 438 g/mol. The Morgan fingerprint density at radius 1 is 0.923 bits per heavy atom. The molecule has 1 aliphatic carbocycles. The predicted octanol–water partition coefficient (Wildman–Crippen LogP) is 7.89. The van der Waals surface area contributed by atoms with Crippen LogP contribution in [0.25, 0.3) is 17.2 Å². The van der Waals surface area contributed by atoms with Crippen molar-refractivity contribution in [2.24, 2.45) is 5.41 Å². The van der Waals surface area contributed by atoms with Crippen LogP contribution in [0.2, 0.25) is 0 Å². The fraction of sp³-hybridized carbons (Fsp3) is 0.391. The molecule has 1 unspecified atom stereocenters. The molecule has 0 nitrogen and oxygen atoms in total. The number of hydrogen-bond acceptors (Lipinski definition) is 0. The molecule has 2 aromatic rings. The van der Waals surface area contributed by atoms with Crippen molar-refractivity contribution in [3.63, 3.8) is 0 Å². The van der Waals surface area contributed by atoms with E-state index in [9.17, 15) is 0 Å². The van der Waals surface area contributed by atoms with Gasteiger partial charge in [0.05, 0.1) is 0 Å². The summed E-state index contributed by atoms with van der Waals surface area (Å²) in [5, 5.41) is 0. The van der Waals surface area contributed by atoms with Crippen LogP contribution in [0.3, 0.4) is 0 Å². The molecule has 0 aliphatic heterocycles. The van der Waals surface area contributed by atoms with Gasteiger partial charge in [-0.05, 0) is 0 Å². The molecular formula is C23H27Cl2Zr. The fourth-order valence-electron chi connectivity index (χ4n) is 4.06. The van der Waals surface area contributed by atoms with E-state index < -0.39 is 19.4 Å². The zero-order valence-corrected chi connectivity index (χ0v) is 20.3. The van der Waals surface area contributed by atoms with Crippen molar-refractivity contribution in [1.29, 1.82) is 0 Å². The van der Waals surface area contributed by atoms with Gasteiger partial charge in [0.2, 0.25) is 0 Å². The molecule has 0 fully saturated rings. The topological polar surface area (TPSA) is 0 Å². The zero-order valence-electron chi connectivity index (χ0n) is 16.3. The maximum absolute atomic E-state index is 6.66. The van der Waals surface area contributed by atoms with Crippen molar-refractivity contribution >= 4 is 23.1 Å². The summed E-state index contributed by atoms with van der Waals surface area (Å²) in [5.74, 6) is 0. The van der Waals surface area contributed by atoms with Crippen molar-refractivity contribution in [2.75, 3.05) is 0 Å². The van der Waals surface area contributed by atoms with E-state index >= 15 is 0 Å². The molecule has 0 amide bonds. The van der Waals surface area contributed by atoms with Gasteiger partial charge >= 0.3 is 174 Å². The van der Waals surface area contributed by atoms with Gasteiger partial charge in [0.15, 0.2) is 0 Å². The third-order valence-electron chi connectivity index (χ3n) is 5.42. The van der Waals surface area contributed by atoms with Gasteiger partial charge in [0.1, 0.15) is 0 Å². The molecule has 0 radical (unpaired) electrons. The summed E-state index contributed by atoms with van der Waals surface area (Å²) in [5.41, 5.74) is 9.77. The van der Waals surface area contributed by atoms with Crippen molar-refractivity contribution in [3.8, 4) is 11.1 Å². The van der Waals surface area contributed by atoms with Gasteiger partial charge in [-0.3, -0.25) is 0 Å². The molecule has 0 saturated carbocycles. The van der Waals surface area contributed by atoms with Crippen molar-refractivity contribution in [2.45, 2.75) is 51.1 Å². The second-order valence-corrected chi connectivity index (χ2v) is 16.8. The van der Waals surface area contributed by atoms with E-state index in [1.807, 2.05) is 0 Å². The molecule has 0 spiro atoms. The van der Waals surface area contributed by atoms with Gasteiger partial charge in [-0.1, -0.05) is 0 Å². The Bertz CT molecular complexity index is 844. The van der Waals surface area contributed by atoms with Crippen LogP contribution >= 0.6 is 17.0 Å². The number of allylic oxidation sites excluding steroid dienone is 1. The Morgan fingerprint density at radius 3 is 2.15 bits per heavy atom. The Kier molecular flexibility index (Phi) is 6.23. The molecule has 0 heterocycles. The van der Waals surface area contributed by atoms with Crippen LogP contribution in [0.5, 0.6) is 0 Å². The van der Waals surface area contributed by atoms with Crippen LogP contribution in [-0.4, -0.2) is 0 Å². The molecule has 3 heteroatoms. The van der Waals surface area contributed by atoms with Gasteiger partial charge in [0, 0.05) is 0 Å². The summed E-state index contributed by atoms with van der Waals surface area (Å²) in [6, 6.07) is 13.4. The number of fused-ring (bicyclic) bond motifs is 1. The first-order valence-corrected chi connectivity index (χ1v) is 17.2. The number of benzene rings is 2.